The number of benzene rings is 1. The normalized spacial score (nSPS) is 22.6. The zero-order valence-electron chi connectivity index (χ0n) is 9.60. The highest BCUT2D eigenvalue weighted by atomic mass is 16.5. The summed E-state index contributed by atoms with van der Waals surface area (Å²) in [5.74, 6) is 1.07. The molecule has 2 rings (SSSR count). The number of para-hydroxylation sites is 1. The molecule has 0 heterocycles. The van der Waals surface area contributed by atoms with E-state index in [2.05, 4.69) is 0 Å². The predicted molar refractivity (Wildman–Crippen MR) is 60.5 cm³/mol. The van der Waals surface area contributed by atoms with Crippen LogP contribution in [0, 0.1) is 5.92 Å². The van der Waals surface area contributed by atoms with Crippen LogP contribution in [0.15, 0.2) is 24.3 Å². The number of hydrogen-bond acceptors (Lipinski definition) is 3. The van der Waals surface area contributed by atoms with Gasteiger partial charge in [0.15, 0.2) is 0 Å². The van der Waals surface area contributed by atoms with Gasteiger partial charge in [-0.3, -0.25) is 4.79 Å². The summed E-state index contributed by atoms with van der Waals surface area (Å²) >= 11 is 0. The molecule has 3 nitrogen and oxygen atoms in total. The van der Waals surface area contributed by atoms with Crippen molar-refractivity contribution in [1.82, 2.24) is 0 Å². The molecule has 0 N–H and O–H groups in total. The first-order chi connectivity index (χ1) is 7.77. The Bertz CT molecular complexity index is 387. The number of carbonyl (C=O) groups excluding carboxylic acids is 1. The van der Waals surface area contributed by atoms with Crippen LogP contribution in [-0.2, 0) is 9.53 Å². The van der Waals surface area contributed by atoms with Gasteiger partial charge in [0.1, 0.15) is 5.75 Å². The van der Waals surface area contributed by atoms with Gasteiger partial charge in [0, 0.05) is 5.92 Å². The molecule has 1 saturated carbocycles. The monoisotopic (exact) mass is 220 g/mol. The van der Waals surface area contributed by atoms with Crippen molar-refractivity contribution < 1.29 is 14.3 Å². The van der Waals surface area contributed by atoms with Gasteiger partial charge in [-0.15, -0.1) is 0 Å². The lowest BCUT2D eigenvalue weighted by atomic mass is 10.1. The first-order valence-corrected chi connectivity index (χ1v) is 5.57. The van der Waals surface area contributed by atoms with Crippen molar-refractivity contribution in [2.45, 2.75) is 19.3 Å². The fraction of sp³-hybridized carbons (Fsp3) is 0.462. The molecule has 1 fully saturated rings. The Morgan fingerprint density at radius 2 is 2.19 bits per heavy atom. The molecule has 1 aliphatic rings. The molecule has 86 valence electrons. The predicted octanol–water partition coefficient (Wildman–Crippen LogP) is 2.36. The van der Waals surface area contributed by atoms with Gasteiger partial charge in [0.25, 0.3) is 0 Å². The number of carbonyl (C=O) groups is 1. The Kier molecular flexibility index (Phi) is 3.13. The lowest BCUT2D eigenvalue weighted by molar-refractivity contribution is -0.144. The summed E-state index contributed by atoms with van der Waals surface area (Å²) in [5.41, 5.74) is 1.11. The van der Waals surface area contributed by atoms with E-state index in [0.717, 1.165) is 17.7 Å². The van der Waals surface area contributed by atoms with E-state index in [1.54, 1.807) is 7.11 Å². The first kappa shape index (κ1) is 11.0. The van der Waals surface area contributed by atoms with E-state index >= 15 is 0 Å². The molecule has 0 amide bonds. The second-order valence-electron chi connectivity index (χ2n) is 3.94. The Hall–Kier alpha value is -1.51. The number of ether oxygens (including phenoxy) is 2. The largest absolute Gasteiger partial charge is 0.496 e. The summed E-state index contributed by atoms with van der Waals surface area (Å²) in [6.07, 6.45) is 0.874. The van der Waals surface area contributed by atoms with Gasteiger partial charge in [-0.05, 0) is 25.0 Å². The molecule has 2 atom stereocenters. The molecule has 1 aromatic rings. The highest BCUT2D eigenvalue weighted by molar-refractivity contribution is 5.77. The SMILES string of the molecule is CCOC(=O)[C@H]1C[C@H]1c1ccccc1OC. The first-order valence-electron chi connectivity index (χ1n) is 5.57. The average molecular weight is 220 g/mol. The number of methoxy groups -OCH3 is 1. The third-order valence-corrected chi connectivity index (χ3v) is 2.92. The number of hydrogen-bond donors (Lipinski definition) is 0. The van der Waals surface area contributed by atoms with Crippen molar-refractivity contribution in [3.05, 3.63) is 29.8 Å². The lowest BCUT2D eigenvalue weighted by Crippen LogP contribution is -2.07. The molecular weight excluding hydrogens is 204 g/mol. The van der Waals surface area contributed by atoms with E-state index in [4.69, 9.17) is 9.47 Å². The summed E-state index contributed by atoms with van der Waals surface area (Å²) in [6, 6.07) is 7.85. The Morgan fingerprint density at radius 1 is 1.44 bits per heavy atom. The Morgan fingerprint density at radius 3 is 2.88 bits per heavy atom. The third-order valence-electron chi connectivity index (χ3n) is 2.92. The highest BCUT2D eigenvalue weighted by Gasteiger charge is 2.46. The fourth-order valence-electron chi connectivity index (χ4n) is 2.02. The molecule has 0 spiro atoms. The minimum atomic E-state index is -0.0848. The Balaban J connectivity index is 2.08. The van der Waals surface area contributed by atoms with Crippen molar-refractivity contribution in [3.63, 3.8) is 0 Å². The van der Waals surface area contributed by atoms with Crippen molar-refractivity contribution in [1.29, 1.82) is 0 Å². The van der Waals surface area contributed by atoms with Gasteiger partial charge in [0.2, 0.25) is 0 Å². The molecule has 1 aliphatic carbocycles. The van der Waals surface area contributed by atoms with Crippen molar-refractivity contribution in [2.24, 2.45) is 5.92 Å². The molecule has 16 heavy (non-hydrogen) atoms. The third kappa shape index (κ3) is 2.03. The minimum Gasteiger partial charge on any atom is -0.496 e. The molecule has 0 unspecified atom stereocenters. The van der Waals surface area contributed by atoms with Gasteiger partial charge >= 0.3 is 5.97 Å². The van der Waals surface area contributed by atoms with Crippen LogP contribution in [-0.4, -0.2) is 19.7 Å². The van der Waals surface area contributed by atoms with Crippen LogP contribution in [0.25, 0.3) is 0 Å². The van der Waals surface area contributed by atoms with Gasteiger partial charge in [-0.1, -0.05) is 18.2 Å². The van der Waals surface area contributed by atoms with Gasteiger partial charge < -0.3 is 9.47 Å². The molecule has 0 bridgehead atoms. The maximum Gasteiger partial charge on any atom is 0.309 e. The summed E-state index contributed by atoms with van der Waals surface area (Å²) in [7, 11) is 1.65. The Labute approximate surface area is 95.4 Å². The molecule has 0 aliphatic heterocycles. The quantitative estimate of drug-likeness (QED) is 0.731. The molecule has 0 radical (unpaired) electrons. The van der Waals surface area contributed by atoms with E-state index < -0.39 is 0 Å². The highest BCUT2D eigenvalue weighted by Crippen LogP contribution is 2.50. The molecule has 1 aromatic carbocycles. The maximum atomic E-state index is 11.5. The van der Waals surface area contributed by atoms with E-state index in [1.807, 2.05) is 31.2 Å². The molecule has 0 aromatic heterocycles. The molecule has 3 heteroatoms. The minimum absolute atomic E-state index is 0.0243. The molecule has 0 saturated heterocycles. The smallest absolute Gasteiger partial charge is 0.309 e. The second-order valence-corrected chi connectivity index (χ2v) is 3.94. The average Bonchev–Trinajstić information content (AvgIpc) is 3.09. The van der Waals surface area contributed by atoms with Crippen LogP contribution in [0.2, 0.25) is 0 Å². The number of esters is 1. The molecular formula is C13H16O3. The van der Waals surface area contributed by atoms with Crippen LogP contribution in [0.5, 0.6) is 5.75 Å². The van der Waals surface area contributed by atoms with Gasteiger partial charge in [-0.2, -0.15) is 0 Å². The van der Waals surface area contributed by atoms with Crippen LogP contribution in [0.1, 0.15) is 24.8 Å². The topological polar surface area (TPSA) is 35.5 Å². The van der Waals surface area contributed by atoms with E-state index in [9.17, 15) is 4.79 Å². The van der Waals surface area contributed by atoms with E-state index in [1.165, 1.54) is 0 Å². The summed E-state index contributed by atoms with van der Waals surface area (Å²) in [4.78, 5) is 11.5. The number of rotatable bonds is 4. The lowest BCUT2D eigenvalue weighted by Gasteiger charge is -2.07. The maximum absolute atomic E-state index is 11.5. The van der Waals surface area contributed by atoms with Crippen molar-refractivity contribution in [3.8, 4) is 5.75 Å². The van der Waals surface area contributed by atoms with Crippen molar-refractivity contribution in [2.75, 3.05) is 13.7 Å². The van der Waals surface area contributed by atoms with Crippen LogP contribution in [0.3, 0.4) is 0 Å². The van der Waals surface area contributed by atoms with Crippen molar-refractivity contribution >= 4 is 5.97 Å². The van der Waals surface area contributed by atoms with Gasteiger partial charge in [0.05, 0.1) is 19.6 Å². The van der Waals surface area contributed by atoms with Gasteiger partial charge in [-0.25, -0.2) is 0 Å². The fourth-order valence-corrected chi connectivity index (χ4v) is 2.02. The zero-order chi connectivity index (χ0) is 11.5. The van der Waals surface area contributed by atoms with E-state index in [0.29, 0.717) is 6.61 Å². The standard InChI is InChI=1S/C13H16O3/c1-3-16-13(14)11-8-10(11)9-6-4-5-7-12(9)15-2/h4-7,10-11H,3,8H2,1-2H3/t10-,11-/m0/s1. The van der Waals surface area contributed by atoms with Crippen LogP contribution in [0.4, 0.5) is 0 Å². The van der Waals surface area contributed by atoms with Crippen LogP contribution >= 0.6 is 0 Å². The summed E-state index contributed by atoms with van der Waals surface area (Å²) in [5, 5.41) is 0. The van der Waals surface area contributed by atoms with Crippen LogP contribution < -0.4 is 4.74 Å². The second kappa shape index (κ2) is 4.56. The van der Waals surface area contributed by atoms with E-state index in [-0.39, 0.29) is 17.8 Å². The summed E-state index contributed by atoms with van der Waals surface area (Å²) < 4.78 is 10.3. The summed E-state index contributed by atoms with van der Waals surface area (Å²) in [6.45, 7) is 2.28. The zero-order valence-corrected chi connectivity index (χ0v) is 9.60.